The molecule has 0 saturated carbocycles. The van der Waals surface area contributed by atoms with Gasteiger partial charge in [0.1, 0.15) is 17.4 Å². The first-order valence-corrected chi connectivity index (χ1v) is 10.5. The van der Waals surface area contributed by atoms with Crippen LogP contribution in [0.15, 0.2) is 78.9 Å². The SMILES string of the molecule is O=C([O-])CC/C(=C\c1cccc(OCc2ccccc2)c1)c1nc2ccccc2s1. The lowest BCUT2D eigenvalue weighted by atomic mass is 10.1. The lowest BCUT2D eigenvalue weighted by Gasteiger charge is -2.09. The Morgan fingerprint density at radius 2 is 1.77 bits per heavy atom. The summed E-state index contributed by atoms with van der Waals surface area (Å²) in [6.45, 7) is 0.490. The Hall–Kier alpha value is -3.44. The Balaban J connectivity index is 1.59. The molecule has 30 heavy (non-hydrogen) atoms. The van der Waals surface area contributed by atoms with Crippen LogP contribution >= 0.6 is 11.3 Å². The third kappa shape index (κ3) is 5.13. The maximum atomic E-state index is 11.1. The van der Waals surface area contributed by atoms with E-state index in [1.54, 1.807) is 11.3 Å². The van der Waals surface area contributed by atoms with Gasteiger partial charge in [-0.3, -0.25) is 0 Å². The van der Waals surface area contributed by atoms with Gasteiger partial charge in [-0.1, -0.05) is 54.6 Å². The third-order valence-electron chi connectivity index (χ3n) is 4.61. The van der Waals surface area contributed by atoms with Crippen molar-refractivity contribution in [2.24, 2.45) is 0 Å². The number of para-hydroxylation sites is 1. The van der Waals surface area contributed by atoms with Gasteiger partial charge in [-0.25, -0.2) is 4.98 Å². The second-order valence-electron chi connectivity index (χ2n) is 6.88. The second kappa shape index (κ2) is 9.37. The van der Waals surface area contributed by atoms with Crippen LogP contribution in [0.5, 0.6) is 5.75 Å². The maximum absolute atomic E-state index is 11.1. The summed E-state index contributed by atoms with van der Waals surface area (Å²) in [6.07, 6.45) is 2.29. The second-order valence-corrected chi connectivity index (χ2v) is 7.91. The minimum atomic E-state index is -1.07. The Bertz CT molecular complexity index is 1150. The molecule has 0 fully saturated rings. The molecule has 3 aromatic carbocycles. The molecule has 0 aliphatic carbocycles. The predicted octanol–water partition coefficient (Wildman–Crippen LogP) is 4.95. The van der Waals surface area contributed by atoms with E-state index in [-0.39, 0.29) is 6.42 Å². The number of carbonyl (C=O) groups is 1. The van der Waals surface area contributed by atoms with E-state index in [0.717, 1.165) is 37.7 Å². The average Bonchev–Trinajstić information content (AvgIpc) is 3.20. The summed E-state index contributed by atoms with van der Waals surface area (Å²) >= 11 is 1.56. The Kier molecular flexibility index (Phi) is 6.20. The zero-order chi connectivity index (χ0) is 20.8. The average molecular weight is 415 g/mol. The van der Waals surface area contributed by atoms with E-state index in [0.29, 0.717) is 13.0 Å². The quantitative estimate of drug-likeness (QED) is 0.409. The lowest BCUT2D eigenvalue weighted by Crippen LogP contribution is -2.21. The maximum Gasteiger partial charge on any atom is 0.120 e. The van der Waals surface area contributed by atoms with Gasteiger partial charge in [0.15, 0.2) is 0 Å². The summed E-state index contributed by atoms with van der Waals surface area (Å²) in [7, 11) is 0. The number of hydrogen-bond acceptors (Lipinski definition) is 5. The van der Waals surface area contributed by atoms with E-state index in [1.165, 1.54) is 0 Å². The Morgan fingerprint density at radius 1 is 0.967 bits per heavy atom. The number of carboxylic acid groups (broad SMARTS) is 1. The molecular weight excluding hydrogens is 394 g/mol. The van der Waals surface area contributed by atoms with Crippen molar-refractivity contribution in [1.29, 1.82) is 0 Å². The highest BCUT2D eigenvalue weighted by Gasteiger charge is 2.10. The molecule has 4 rings (SSSR count). The van der Waals surface area contributed by atoms with Gasteiger partial charge in [-0.2, -0.15) is 0 Å². The highest BCUT2D eigenvalue weighted by atomic mass is 32.1. The van der Waals surface area contributed by atoms with E-state index in [9.17, 15) is 9.90 Å². The van der Waals surface area contributed by atoms with Gasteiger partial charge >= 0.3 is 0 Å². The first-order chi connectivity index (χ1) is 14.7. The van der Waals surface area contributed by atoms with E-state index >= 15 is 0 Å². The van der Waals surface area contributed by atoms with Crippen LogP contribution in [-0.4, -0.2) is 11.0 Å². The van der Waals surface area contributed by atoms with Gasteiger partial charge in [-0.15, -0.1) is 11.3 Å². The molecule has 150 valence electrons. The van der Waals surface area contributed by atoms with Gasteiger partial charge in [0, 0.05) is 5.97 Å². The summed E-state index contributed by atoms with van der Waals surface area (Å²) in [5, 5.41) is 11.9. The molecule has 0 atom stereocenters. The summed E-state index contributed by atoms with van der Waals surface area (Å²) in [4.78, 5) is 15.7. The molecule has 4 nitrogen and oxygen atoms in total. The normalized spacial score (nSPS) is 11.5. The molecule has 0 unspecified atom stereocenters. The molecule has 0 bridgehead atoms. The van der Waals surface area contributed by atoms with Gasteiger partial charge in [0.2, 0.25) is 0 Å². The number of aromatic nitrogens is 1. The smallest absolute Gasteiger partial charge is 0.120 e. The number of nitrogens with zero attached hydrogens (tertiary/aromatic N) is 1. The highest BCUT2D eigenvalue weighted by molar-refractivity contribution is 7.19. The number of rotatable bonds is 8. The number of carboxylic acids is 1. The number of aliphatic carboxylic acids is 1. The lowest BCUT2D eigenvalue weighted by molar-refractivity contribution is -0.305. The molecule has 0 spiro atoms. The molecule has 0 aliphatic heterocycles. The third-order valence-corrected chi connectivity index (χ3v) is 5.73. The monoisotopic (exact) mass is 414 g/mol. The minimum absolute atomic E-state index is 0.0496. The van der Waals surface area contributed by atoms with Crippen molar-refractivity contribution >= 4 is 39.2 Å². The molecule has 0 amide bonds. The number of carbonyl (C=O) groups excluding carboxylic acids is 1. The van der Waals surface area contributed by atoms with Crippen LogP contribution in [0.1, 0.15) is 29.0 Å². The summed E-state index contributed by atoms with van der Waals surface area (Å²) in [5.41, 5.74) is 3.83. The van der Waals surface area contributed by atoms with Crippen LogP contribution in [0, 0.1) is 0 Å². The van der Waals surface area contributed by atoms with Crippen molar-refractivity contribution < 1.29 is 14.6 Å². The Labute approximate surface area is 179 Å². The topological polar surface area (TPSA) is 62.2 Å². The standard InChI is InChI=1S/C25H21NO3S/c27-24(28)14-13-20(25-26-22-11-4-5-12-23(22)30-25)15-19-9-6-10-21(16-19)29-17-18-7-2-1-3-8-18/h1-12,15-16H,13-14,17H2,(H,27,28)/p-1/b20-15+. The number of benzene rings is 3. The van der Waals surface area contributed by atoms with E-state index in [2.05, 4.69) is 0 Å². The molecular formula is C25H20NO3S-. The zero-order valence-electron chi connectivity index (χ0n) is 16.3. The summed E-state index contributed by atoms with van der Waals surface area (Å²) in [6, 6.07) is 25.7. The molecule has 0 radical (unpaired) electrons. The van der Waals surface area contributed by atoms with Crippen molar-refractivity contribution in [3.63, 3.8) is 0 Å². The van der Waals surface area contributed by atoms with E-state index in [4.69, 9.17) is 9.72 Å². The fourth-order valence-corrected chi connectivity index (χ4v) is 4.13. The van der Waals surface area contributed by atoms with Crippen LogP contribution in [-0.2, 0) is 11.4 Å². The molecule has 1 heterocycles. The zero-order valence-corrected chi connectivity index (χ0v) is 17.1. The van der Waals surface area contributed by atoms with Crippen LogP contribution in [0.4, 0.5) is 0 Å². The van der Waals surface area contributed by atoms with Gasteiger partial charge < -0.3 is 14.6 Å². The fraction of sp³-hybridized carbons (Fsp3) is 0.120. The number of fused-ring (bicyclic) bond motifs is 1. The summed E-state index contributed by atoms with van der Waals surface area (Å²) in [5.74, 6) is -0.307. The molecule has 0 saturated heterocycles. The van der Waals surface area contributed by atoms with Gasteiger partial charge in [-0.05, 0) is 59.9 Å². The number of allylic oxidation sites excluding steroid dienone is 1. The molecule has 1 aromatic heterocycles. The first kappa shape index (κ1) is 19.9. The van der Waals surface area contributed by atoms with Crippen LogP contribution in [0.3, 0.4) is 0 Å². The minimum Gasteiger partial charge on any atom is -0.550 e. The van der Waals surface area contributed by atoms with Crippen molar-refractivity contribution in [2.75, 3.05) is 0 Å². The number of thiazole rings is 1. The highest BCUT2D eigenvalue weighted by Crippen LogP contribution is 2.31. The fourth-order valence-electron chi connectivity index (χ4n) is 3.12. The molecule has 0 aliphatic rings. The number of ether oxygens (including phenoxy) is 1. The van der Waals surface area contributed by atoms with Crippen molar-refractivity contribution in [1.82, 2.24) is 4.98 Å². The van der Waals surface area contributed by atoms with Crippen LogP contribution in [0.2, 0.25) is 0 Å². The van der Waals surface area contributed by atoms with E-state index < -0.39 is 5.97 Å². The Morgan fingerprint density at radius 3 is 2.57 bits per heavy atom. The van der Waals surface area contributed by atoms with E-state index in [1.807, 2.05) is 84.9 Å². The molecule has 5 heteroatoms. The van der Waals surface area contributed by atoms with Crippen molar-refractivity contribution in [3.05, 3.63) is 95.0 Å². The van der Waals surface area contributed by atoms with Gasteiger partial charge in [0.25, 0.3) is 0 Å². The molecule has 0 N–H and O–H groups in total. The van der Waals surface area contributed by atoms with Crippen molar-refractivity contribution in [3.8, 4) is 5.75 Å². The molecule has 4 aromatic rings. The van der Waals surface area contributed by atoms with Crippen LogP contribution in [0.25, 0.3) is 21.9 Å². The van der Waals surface area contributed by atoms with Crippen molar-refractivity contribution in [2.45, 2.75) is 19.4 Å². The number of hydrogen-bond donors (Lipinski definition) is 0. The predicted molar refractivity (Wildman–Crippen MR) is 119 cm³/mol. The summed E-state index contributed by atoms with van der Waals surface area (Å²) < 4.78 is 7.00. The van der Waals surface area contributed by atoms with Gasteiger partial charge in [0.05, 0.1) is 10.2 Å². The van der Waals surface area contributed by atoms with Crippen LogP contribution < -0.4 is 9.84 Å². The largest absolute Gasteiger partial charge is 0.550 e. The first-order valence-electron chi connectivity index (χ1n) is 9.70.